The van der Waals surface area contributed by atoms with Gasteiger partial charge in [0, 0.05) is 17.1 Å². The number of nitrogens with one attached hydrogen (secondary N) is 1. The van der Waals surface area contributed by atoms with Crippen LogP contribution in [0.15, 0.2) is 28.7 Å². The molecule has 0 saturated carbocycles. The van der Waals surface area contributed by atoms with E-state index in [2.05, 4.69) is 21.2 Å². The number of carbonyl (C=O) groups is 3. The fraction of sp³-hybridized carbons (Fsp3) is 0.500. The Kier molecular flexibility index (Phi) is 4.86. The normalized spacial score (nSPS) is 26.8. The third kappa shape index (κ3) is 3.29. The molecule has 0 radical (unpaired) electrons. The molecule has 0 unspecified atom stereocenters. The van der Waals surface area contributed by atoms with Gasteiger partial charge in [-0.1, -0.05) is 28.1 Å². The molecular weight excluding hydrogens is 386 g/mol. The predicted molar refractivity (Wildman–Crippen MR) is 96.8 cm³/mol. The molecule has 1 aromatic carbocycles. The molecule has 2 heterocycles. The molecule has 0 aromatic heterocycles. The molecule has 134 valence electrons. The van der Waals surface area contributed by atoms with Gasteiger partial charge >= 0.3 is 6.03 Å². The second-order valence-corrected chi connectivity index (χ2v) is 7.80. The van der Waals surface area contributed by atoms with Crippen LogP contribution >= 0.6 is 15.9 Å². The van der Waals surface area contributed by atoms with E-state index in [1.807, 2.05) is 19.1 Å². The topological polar surface area (TPSA) is 69.7 Å². The van der Waals surface area contributed by atoms with Crippen molar-refractivity contribution in [3.8, 4) is 0 Å². The third-order valence-corrected chi connectivity index (χ3v) is 5.59. The number of carbonyl (C=O) groups excluding carboxylic acids is 3. The molecule has 6 nitrogen and oxygen atoms in total. The van der Waals surface area contributed by atoms with Gasteiger partial charge in [-0.05, 0) is 50.8 Å². The largest absolute Gasteiger partial charge is 0.338 e. The van der Waals surface area contributed by atoms with Crippen LogP contribution in [0.3, 0.4) is 0 Å². The summed E-state index contributed by atoms with van der Waals surface area (Å²) in [6, 6.07) is 6.89. The van der Waals surface area contributed by atoms with E-state index >= 15 is 0 Å². The maximum Gasteiger partial charge on any atom is 0.325 e. The molecule has 0 spiro atoms. The number of hydrogen-bond acceptors (Lipinski definition) is 3. The van der Waals surface area contributed by atoms with Gasteiger partial charge < -0.3 is 10.2 Å². The van der Waals surface area contributed by atoms with Crippen molar-refractivity contribution in [1.82, 2.24) is 15.1 Å². The minimum atomic E-state index is -1.16. The minimum absolute atomic E-state index is 0.151. The van der Waals surface area contributed by atoms with Crippen molar-refractivity contribution in [2.45, 2.75) is 44.7 Å². The first-order valence-electron chi connectivity index (χ1n) is 8.52. The highest BCUT2D eigenvalue weighted by atomic mass is 79.9. The zero-order valence-electron chi connectivity index (χ0n) is 14.4. The van der Waals surface area contributed by atoms with E-state index in [0.717, 1.165) is 28.6 Å². The lowest BCUT2D eigenvalue weighted by molar-refractivity contribution is -0.140. The summed E-state index contributed by atoms with van der Waals surface area (Å²) in [5.41, 5.74) is -0.476. The molecule has 2 fully saturated rings. The molecule has 3 rings (SSSR count). The molecule has 2 aliphatic heterocycles. The maximum absolute atomic E-state index is 12.9. The Morgan fingerprint density at radius 3 is 2.80 bits per heavy atom. The van der Waals surface area contributed by atoms with Gasteiger partial charge in [0.25, 0.3) is 5.91 Å². The van der Waals surface area contributed by atoms with Gasteiger partial charge in [0.05, 0.1) is 0 Å². The number of hydrogen-bond donors (Lipinski definition) is 1. The standard InChI is InChI=1S/C18H22BrN3O3/c1-12-6-3-4-9-21(12)15(23)11-22-16(24)18(2,20-17(22)25)13-7-5-8-14(19)10-13/h5,7-8,10,12H,3-4,6,9,11H2,1-2H3,(H,20,25)/t12-,18+/m0/s1. The van der Waals surface area contributed by atoms with Crippen LogP contribution in [0.25, 0.3) is 0 Å². The Balaban J connectivity index is 1.78. The zero-order valence-corrected chi connectivity index (χ0v) is 16.0. The van der Waals surface area contributed by atoms with Gasteiger partial charge in [0.1, 0.15) is 12.1 Å². The zero-order chi connectivity index (χ0) is 18.2. The highest BCUT2D eigenvalue weighted by Crippen LogP contribution is 2.30. The minimum Gasteiger partial charge on any atom is -0.338 e. The van der Waals surface area contributed by atoms with E-state index in [1.54, 1.807) is 24.0 Å². The molecule has 7 heteroatoms. The fourth-order valence-corrected chi connectivity index (χ4v) is 3.93. The summed E-state index contributed by atoms with van der Waals surface area (Å²) in [4.78, 5) is 40.7. The average Bonchev–Trinajstić information content (AvgIpc) is 2.79. The lowest BCUT2D eigenvalue weighted by atomic mass is 9.92. The molecule has 1 N–H and O–H groups in total. The first kappa shape index (κ1) is 17.9. The predicted octanol–water partition coefficient (Wildman–Crippen LogP) is 2.62. The average molecular weight is 408 g/mol. The molecule has 0 aliphatic carbocycles. The summed E-state index contributed by atoms with van der Waals surface area (Å²) < 4.78 is 0.824. The molecule has 1 aromatic rings. The van der Waals surface area contributed by atoms with Gasteiger partial charge in [-0.3, -0.25) is 14.5 Å². The molecule has 4 amide bonds. The lowest BCUT2D eigenvalue weighted by Crippen LogP contribution is -2.48. The van der Waals surface area contributed by atoms with E-state index in [9.17, 15) is 14.4 Å². The summed E-state index contributed by atoms with van der Waals surface area (Å²) in [5.74, 6) is -0.567. The lowest BCUT2D eigenvalue weighted by Gasteiger charge is -2.34. The number of amides is 4. The highest BCUT2D eigenvalue weighted by molar-refractivity contribution is 9.10. The number of imide groups is 1. The summed E-state index contributed by atoms with van der Waals surface area (Å²) in [5, 5.41) is 2.74. The molecule has 25 heavy (non-hydrogen) atoms. The molecule has 2 saturated heterocycles. The van der Waals surface area contributed by atoms with E-state index in [4.69, 9.17) is 0 Å². The Labute approximate surface area is 155 Å². The Hall–Kier alpha value is -1.89. The van der Waals surface area contributed by atoms with Crippen LogP contribution in [-0.4, -0.2) is 46.8 Å². The van der Waals surface area contributed by atoms with Crippen molar-refractivity contribution in [3.05, 3.63) is 34.3 Å². The third-order valence-electron chi connectivity index (χ3n) is 5.09. The Morgan fingerprint density at radius 2 is 2.12 bits per heavy atom. The molecule has 0 bridgehead atoms. The van der Waals surface area contributed by atoms with Crippen LogP contribution in [0.1, 0.15) is 38.7 Å². The molecule has 2 aliphatic rings. The second-order valence-electron chi connectivity index (χ2n) is 6.89. The van der Waals surface area contributed by atoms with Crippen LogP contribution in [0.4, 0.5) is 4.79 Å². The van der Waals surface area contributed by atoms with Crippen LogP contribution < -0.4 is 5.32 Å². The number of halogens is 1. The van der Waals surface area contributed by atoms with Crippen molar-refractivity contribution < 1.29 is 14.4 Å². The number of rotatable bonds is 3. The monoisotopic (exact) mass is 407 g/mol. The number of urea groups is 1. The quantitative estimate of drug-likeness (QED) is 0.782. The number of likely N-dealkylation sites (tertiary alicyclic amines) is 1. The van der Waals surface area contributed by atoms with E-state index in [0.29, 0.717) is 12.1 Å². The van der Waals surface area contributed by atoms with Crippen LogP contribution in [0, 0.1) is 0 Å². The number of piperidine rings is 1. The number of nitrogens with zero attached hydrogens (tertiary/aromatic N) is 2. The van der Waals surface area contributed by atoms with Crippen LogP contribution in [0.2, 0.25) is 0 Å². The SMILES string of the molecule is C[C@H]1CCCCN1C(=O)CN1C(=O)N[C@](C)(c2cccc(Br)c2)C1=O. The Morgan fingerprint density at radius 1 is 1.36 bits per heavy atom. The van der Waals surface area contributed by atoms with E-state index in [1.165, 1.54) is 0 Å². The van der Waals surface area contributed by atoms with Gasteiger partial charge in [-0.25, -0.2) is 4.79 Å². The van der Waals surface area contributed by atoms with E-state index < -0.39 is 17.5 Å². The highest BCUT2D eigenvalue weighted by Gasteiger charge is 2.49. The van der Waals surface area contributed by atoms with Crippen molar-refractivity contribution in [2.24, 2.45) is 0 Å². The van der Waals surface area contributed by atoms with Gasteiger partial charge in [0.2, 0.25) is 5.91 Å². The van der Waals surface area contributed by atoms with Gasteiger partial charge in [-0.2, -0.15) is 0 Å². The van der Waals surface area contributed by atoms with Crippen molar-refractivity contribution in [1.29, 1.82) is 0 Å². The van der Waals surface area contributed by atoms with Gasteiger partial charge in [0.15, 0.2) is 0 Å². The maximum atomic E-state index is 12.9. The van der Waals surface area contributed by atoms with Crippen LogP contribution in [0.5, 0.6) is 0 Å². The number of benzene rings is 1. The summed E-state index contributed by atoms with van der Waals surface area (Å²) in [6.07, 6.45) is 3.03. The van der Waals surface area contributed by atoms with E-state index in [-0.39, 0.29) is 18.5 Å². The summed E-state index contributed by atoms with van der Waals surface area (Å²) >= 11 is 3.38. The molecular formula is C18H22BrN3O3. The Bertz CT molecular complexity index is 723. The summed E-state index contributed by atoms with van der Waals surface area (Å²) in [6.45, 7) is 4.16. The van der Waals surface area contributed by atoms with Crippen molar-refractivity contribution in [3.63, 3.8) is 0 Å². The molecule has 2 atom stereocenters. The van der Waals surface area contributed by atoms with Crippen molar-refractivity contribution in [2.75, 3.05) is 13.1 Å². The second kappa shape index (κ2) is 6.78. The first-order valence-corrected chi connectivity index (χ1v) is 9.32. The van der Waals surface area contributed by atoms with Gasteiger partial charge in [-0.15, -0.1) is 0 Å². The van der Waals surface area contributed by atoms with Crippen LogP contribution in [-0.2, 0) is 15.1 Å². The fourth-order valence-electron chi connectivity index (χ4n) is 3.53. The summed E-state index contributed by atoms with van der Waals surface area (Å²) in [7, 11) is 0. The smallest absolute Gasteiger partial charge is 0.325 e. The first-order chi connectivity index (χ1) is 11.8. The van der Waals surface area contributed by atoms with Crippen molar-refractivity contribution >= 4 is 33.8 Å².